The van der Waals surface area contributed by atoms with Crippen LogP contribution in [0.15, 0.2) is 42.7 Å². The first kappa shape index (κ1) is 16.0. The average Bonchev–Trinajstić information content (AvgIpc) is 3.01. The van der Waals surface area contributed by atoms with Crippen LogP contribution in [0.1, 0.15) is 31.9 Å². The molecule has 0 spiro atoms. The molecule has 1 aromatic carbocycles. The average molecular weight is 302 g/mol. The van der Waals surface area contributed by atoms with Crippen LogP contribution >= 0.6 is 0 Å². The molecule has 2 unspecified atom stereocenters. The van der Waals surface area contributed by atoms with Crippen molar-refractivity contribution in [1.29, 1.82) is 0 Å². The summed E-state index contributed by atoms with van der Waals surface area (Å²) in [5, 5.41) is 18.9. The summed E-state index contributed by atoms with van der Waals surface area (Å²) < 4.78 is 1.78. The predicted octanol–water partition coefficient (Wildman–Crippen LogP) is 2.00. The Morgan fingerprint density at radius 2 is 2.05 bits per heavy atom. The number of benzene rings is 1. The van der Waals surface area contributed by atoms with Crippen LogP contribution in [0.5, 0.6) is 0 Å². The molecule has 2 aromatic rings. The van der Waals surface area contributed by atoms with E-state index < -0.39 is 6.10 Å². The van der Waals surface area contributed by atoms with E-state index in [1.165, 1.54) is 0 Å². The molecule has 6 nitrogen and oxygen atoms in total. The summed E-state index contributed by atoms with van der Waals surface area (Å²) in [6.45, 7) is 4.08. The van der Waals surface area contributed by atoms with Crippen molar-refractivity contribution >= 4 is 6.03 Å². The zero-order valence-electron chi connectivity index (χ0n) is 12.9. The van der Waals surface area contributed by atoms with Gasteiger partial charge in [0.05, 0.1) is 17.8 Å². The zero-order chi connectivity index (χ0) is 15.9. The summed E-state index contributed by atoms with van der Waals surface area (Å²) in [6.07, 6.45) is 3.75. The van der Waals surface area contributed by atoms with Crippen molar-refractivity contribution in [3.8, 4) is 5.69 Å². The van der Waals surface area contributed by atoms with E-state index in [1.807, 2.05) is 43.5 Å². The third-order valence-electron chi connectivity index (χ3n) is 3.36. The lowest BCUT2D eigenvalue weighted by Gasteiger charge is -2.16. The number of aromatic nitrogens is 2. The first-order valence-electron chi connectivity index (χ1n) is 7.38. The van der Waals surface area contributed by atoms with Gasteiger partial charge >= 0.3 is 6.03 Å². The van der Waals surface area contributed by atoms with Gasteiger partial charge in [0.2, 0.25) is 0 Å². The van der Waals surface area contributed by atoms with Gasteiger partial charge in [0.25, 0.3) is 0 Å². The van der Waals surface area contributed by atoms with Crippen LogP contribution in [0.3, 0.4) is 0 Å². The van der Waals surface area contributed by atoms with Crippen molar-refractivity contribution < 1.29 is 9.90 Å². The molecule has 2 amide bonds. The van der Waals surface area contributed by atoms with Gasteiger partial charge in [-0.25, -0.2) is 9.48 Å². The summed E-state index contributed by atoms with van der Waals surface area (Å²) >= 11 is 0. The third kappa shape index (κ3) is 4.60. The van der Waals surface area contributed by atoms with Crippen LogP contribution in [-0.4, -0.2) is 33.6 Å². The van der Waals surface area contributed by atoms with Crippen LogP contribution in [0.2, 0.25) is 0 Å². The molecule has 2 rings (SSSR count). The quantitative estimate of drug-likeness (QED) is 0.763. The Kier molecular flexibility index (Phi) is 5.55. The maximum atomic E-state index is 11.7. The molecule has 6 heteroatoms. The van der Waals surface area contributed by atoms with Crippen molar-refractivity contribution in [3.63, 3.8) is 0 Å². The fraction of sp³-hybridized carbons (Fsp3) is 0.375. The maximum absolute atomic E-state index is 11.7. The summed E-state index contributed by atoms with van der Waals surface area (Å²) in [4.78, 5) is 11.7. The molecule has 3 N–H and O–H groups in total. The van der Waals surface area contributed by atoms with Gasteiger partial charge < -0.3 is 15.7 Å². The highest BCUT2D eigenvalue weighted by molar-refractivity contribution is 5.74. The SMILES string of the molecule is CC(O)CCNC(=O)NC(C)c1ccc(-n2cccn2)cc1. The van der Waals surface area contributed by atoms with Crippen LogP contribution in [-0.2, 0) is 0 Å². The lowest BCUT2D eigenvalue weighted by atomic mass is 10.1. The molecular formula is C16H22N4O2. The predicted molar refractivity (Wildman–Crippen MR) is 84.8 cm³/mol. The molecule has 0 bridgehead atoms. The number of amides is 2. The number of urea groups is 1. The Morgan fingerprint density at radius 3 is 2.64 bits per heavy atom. The molecule has 0 fully saturated rings. The molecule has 2 atom stereocenters. The number of aliphatic hydroxyl groups is 1. The minimum atomic E-state index is -0.410. The fourth-order valence-corrected chi connectivity index (χ4v) is 2.06. The van der Waals surface area contributed by atoms with E-state index in [1.54, 1.807) is 17.8 Å². The Morgan fingerprint density at radius 1 is 1.32 bits per heavy atom. The molecule has 0 saturated carbocycles. The van der Waals surface area contributed by atoms with Crippen LogP contribution < -0.4 is 10.6 Å². The number of aliphatic hydroxyl groups excluding tert-OH is 1. The van der Waals surface area contributed by atoms with Gasteiger partial charge in [-0.2, -0.15) is 5.10 Å². The van der Waals surface area contributed by atoms with Crippen molar-refractivity contribution in [2.24, 2.45) is 0 Å². The second-order valence-corrected chi connectivity index (χ2v) is 5.30. The first-order valence-corrected chi connectivity index (χ1v) is 7.38. The van der Waals surface area contributed by atoms with Gasteiger partial charge in [0.15, 0.2) is 0 Å². The molecule has 118 valence electrons. The monoisotopic (exact) mass is 302 g/mol. The highest BCUT2D eigenvalue weighted by Gasteiger charge is 2.09. The Labute approximate surface area is 130 Å². The van der Waals surface area contributed by atoms with Crippen LogP contribution in [0, 0.1) is 0 Å². The van der Waals surface area contributed by atoms with E-state index in [2.05, 4.69) is 15.7 Å². The van der Waals surface area contributed by atoms with Gasteiger partial charge in [-0.15, -0.1) is 0 Å². The molecule has 22 heavy (non-hydrogen) atoms. The van der Waals surface area contributed by atoms with Crippen LogP contribution in [0.4, 0.5) is 4.79 Å². The Hall–Kier alpha value is -2.34. The molecule has 0 saturated heterocycles. The molecule has 0 aliphatic rings. The lowest BCUT2D eigenvalue weighted by Crippen LogP contribution is -2.38. The molecule has 1 heterocycles. The Bertz CT molecular complexity index is 579. The van der Waals surface area contributed by atoms with Gasteiger partial charge in [0.1, 0.15) is 0 Å². The number of rotatable bonds is 6. The van der Waals surface area contributed by atoms with Gasteiger partial charge in [-0.1, -0.05) is 12.1 Å². The number of hydrogen-bond acceptors (Lipinski definition) is 3. The van der Waals surface area contributed by atoms with Crippen molar-refractivity contribution in [2.45, 2.75) is 32.4 Å². The number of nitrogens with one attached hydrogen (secondary N) is 2. The van der Waals surface area contributed by atoms with E-state index >= 15 is 0 Å². The lowest BCUT2D eigenvalue weighted by molar-refractivity contribution is 0.183. The standard InChI is InChI=1S/C16H22N4O2/c1-12(21)8-10-17-16(22)19-13(2)14-4-6-15(7-5-14)20-11-3-9-18-20/h3-7,9,11-13,21H,8,10H2,1-2H3,(H2,17,19,22). The minimum Gasteiger partial charge on any atom is -0.393 e. The molecule has 0 aliphatic heterocycles. The zero-order valence-corrected chi connectivity index (χ0v) is 12.9. The number of nitrogens with zero attached hydrogens (tertiary/aromatic N) is 2. The van der Waals surface area contributed by atoms with Crippen molar-refractivity contribution in [1.82, 2.24) is 20.4 Å². The normalized spacial score (nSPS) is 13.4. The Balaban J connectivity index is 1.87. The minimum absolute atomic E-state index is 0.0989. The second-order valence-electron chi connectivity index (χ2n) is 5.30. The van der Waals surface area contributed by atoms with E-state index in [0.29, 0.717) is 13.0 Å². The van der Waals surface area contributed by atoms with Crippen molar-refractivity contribution in [3.05, 3.63) is 48.3 Å². The molecule has 0 radical (unpaired) electrons. The third-order valence-corrected chi connectivity index (χ3v) is 3.36. The molecule has 1 aromatic heterocycles. The van der Waals surface area contributed by atoms with E-state index in [0.717, 1.165) is 11.3 Å². The fourth-order valence-electron chi connectivity index (χ4n) is 2.06. The topological polar surface area (TPSA) is 79.2 Å². The summed E-state index contributed by atoms with van der Waals surface area (Å²) in [5.41, 5.74) is 1.99. The first-order chi connectivity index (χ1) is 10.6. The molecular weight excluding hydrogens is 280 g/mol. The van der Waals surface area contributed by atoms with Gasteiger partial charge in [-0.3, -0.25) is 0 Å². The van der Waals surface area contributed by atoms with Gasteiger partial charge in [0, 0.05) is 18.9 Å². The maximum Gasteiger partial charge on any atom is 0.315 e. The highest BCUT2D eigenvalue weighted by Crippen LogP contribution is 2.15. The highest BCUT2D eigenvalue weighted by atomic mass is 16.3. The second kappa shape index (κ2) is 7.61. The van der Waals surface area contributed by atoms with Gasteiger partial charge in [-0.05, 0) is 44.0 Å². The van der Waals surface area contributed by atoms with E-state index in [-0.39, 0.29) is 12.1 Å². The smallest absolute Gasteiger partial charge is 0.315 e. The number of hydrogen-bond donors (Lipinski definition) is 3. The largest absolute Gasteiger partial charge is 0.393 e. The number of carbonyl (C=O) groups excluding carboxylic acids is 1. The van der Waals surface area contributed by atoms with Crippen LogP contribution in [0.25, 0.3) is 5.69 Å². The summed E-state index contributed by atoms with van der Waals surface area (Å²) in [7, 11) is 0. The van der Waals surface area contributed by atoms with E-state index in [4.69, 9.17) is 5.11 Å². The summed E-state index contributed by atoms with van der Waals surface area (Å²) in [6, 6.07) is 9.41. The van der Waals surface area contributed by atoms with Crippen molar-refractivity contribution in [2.75, 3.05) is 6.54 Å². The number of carbonyl (C=O) groups is 1. The summed E-state index contributed by atoms with van der Waals surface area (Å²) in [5.74, 6) is 0. The van der Waals surface area contributed by atoms with E-state index in [9.17, 15) is 4.79 Å². The molecule has 0 aliphatic carbocycles.